The lowest BCUT2D eigenvalue weighted by Crippen LogP contribution is -1.74. The van der Waals surface area contributed by atoms with E-state index in [1.54, 1.807) is 0 Å². The van der Waals surface area contributed by atoms with E-state index in [0.29, 0.717) is 8.27 Å². The second-order valence-corrected chi connectivity index (χ2v) is 2.25. The fraction of sp³-hybridized carbons (Fsp3) is 0. The van der Waals surface area contributed by atoms with Crippen LogP contribution in [0.25, 0.3) is 0 Å². The molecular weight excluding hydrogens is 98.8 g/mol. The van der Waals surface area contributed by atoms with Crippen LogP contribution in [0.4, 0.5) is 0 Å². The SMILES string of the molecule is [B]C(=N)PP. The summed E-state index contributed by atoms with van der Waals surface area (Å²) in [7, 11) is 7.63. The molecule has 2 unspecified atom stereocenters. The van der Waals surface area contributed by atoms with Gasteiger partial charge in [0.1, 0.15) is 7.85 Å². The van der Waals surface area contributed by atoms with Crippen LogP contribution in [0.3, 0.4) is 0 Å². The van der Waals surface area contributed by atoms with Gasteiger partial charge in [0.05, 0.1) is 0 Å². The predicted molar refractivity (Wildman–Crippen MR) is 31.5 cm³/mol. The first-order valence-electron chi connectivity index (χ1n) is 1.08. The third kappa shape index (κ3) is 4.59. The standard InChI is InChI=1S/CH4BNP2/c2-1(3)5-4/h3,5H,4H2. The highest BCUT2D eigenvalue weighted by Gasteiger charge is 1.70. The molecule has 0 aromatic carbocycles. The lowest BCUT2D eigenvalue weighted by molar-refractivity contribution is 1.59. The zero-order valence-electron chi connectivity index (χ0n) is 2.65. The van der Waals surface area contributed by atoms with E-state index in [9.17, 15) is 0 Å². The van der Waals surface area contributed by atoms with Crippen molar-refractivity contribution in [3.63, 3.8) is 0 Å². The molecule has 0 aliphatic rings. The number of rotatable bonds is 1. The molecule has 2 radical (unpaired) electrons. The minimum absolute atomic E-state index is 0.245. The summed E-state index contributed by atoms with van der Waals surface area (Å²) in [5.41, 5.74) is 0. The Labute approximate surface area is 36.7 Å². The Kier molecular flexibility index (Phi) is 3.15. The molecular formula is CH4BNP2. The van der Waals surface area contributed by atoms with Crippen molar-refractivity contribution in [1.29, 1.82) is 5.41 Å². The van der Waals surface area contributed by atoms with E-state index in [1.165, 1.54) is 0 Å². The van der Waals surface area contributed by atoms with Crippen LogP contribution < -0.4 is 0 Å². The van der Waals surface area contributed by atoms with Crippen LogP contribution in [-0.2, 0) is 0 Å². The number of nitrogens with one attached hydrogen (secondary N) is 1. The van der Waals surface area contributed by atoms with E-state index in [2.05, 4.69) is 8.93 Å². The second-order valence-electron chi connectivity index (χ2n) is 0.558. The number of hydrogen-bond donors (Lipinski definition) is 1. The van der Waals surface area contributed by atoms with Gasteiger partial charge in [0.25, 0.3) is 0 Å². The molecule has 1 N–H and O–H groups in total. The fourth-order valence-electron chi connectivity index (χ4n) is 0. The maximum atomic E-state index is 6.51. The van der Waals surface area contributed by atoms with Gasteiger partial charge in [-0.1, -0.05) is 8.27 Å². The molecule has 0 bridgehead atoms. The van der Waals surface area contributed by atoms with Gasteiger partial charge in [-0.2, -0.15) is 0 Å². The van der Waals surface area contributed by atoms with Crippen LogP contribution in [-0.4, -0.2) is 13.2 Å². The molecule has 0 fully saturated rings. The molecule has 0 rings (SSSR count). The van der Waals surface area contributed by atoms with Gasteiger partial charge < -0.3 is 5.41 Å². The van der Waals surface area contributed by atoms with E-state index in [-0.39, 0.29) is 5.35 Å². The third-order valence-electron chi connectivity index (χ3n) is 0.156. The molecule has 0 amide bonds. The molecule has 2 atom stereocenters. The summed E-state index contributed by atoms with van der Waals surface area (Å²) in [5, 5.41) is 6.76. The Bertz CT molecular complexity index is 44.9. The smallest absolute Gasteiger partial charge is 0.141 e. The van der Waals surface area contributed by atoms with Crippen molar-refractivity contribution in [2.24, 2.45) is 0 Å². The van der Waals surface area contributed by atoms with Crippen LogP contribution in [0.1, 0.15) is 0 Å². The van der Waals surface area contributed by atoms with Crippen LogP contribution in [0.2, 0.25) is 0 Å². The highest BCUT2D eigenvalue weighted by atomic mass is 32.0. The minimum atomic E-state index is 0.245. The lowest BCUT2D eigenvalue weighted by Gasteiger charge is -1.78. The summed E-state index contributed by atoms with van der Waals surface area (Å²) in [6.45, 7) is 0. The van der Waals surface area contributed by atoms with E-state index in [1.807, 2.05) is 0 Å². The van der Waals surface area contributed by atoms with Gasteiger partial charge in [0.2, 0.25) is 0 Å². The van der Waals surface area contributed by atoms with E-state index >= 15 is 0 Å². The van der Waals surface area contributed by atoms with Gasteiger partial charge >= 0.3 is 0 Å². The highest BCUT2D eigenvalue weighted by Crippen LogP contribution is 2.17. The van der Waals surface area contributed by atoms with Gasteiger partial charge in [-0.05, 0) is 5.35 Å². The van der Waals surface area contributed by atoms with Crippen LogP contribution in [0.5, 0.6) is 0 Å². The van der Waals surface area contributed by atoms with Crippen LogP contribution in [0.15, 0.2) is 0 Å². The second kappa shape index (κ2) is 2.81. The summed E-state index contributed by atoms with van der Waals surface area (Å²) >= 11 is 0. The van der Waals surface area contributed by atoms with Crippen molar-refractivity contribution in [3.05, 3.63) is 0 Å². The summed E-state index contributed by atoms with van der Waals surface area (Å²) in [4.78, 5) is 0. The maximum Gasteiger partial charge on any atom is 0.141 e. The minimum Gasteiger partial charge on any atom is -0.316 e. The molecule has 1 nitrogen and oxygen atoms in total. The van der Waals surface area contributed by atoms with Gasteiger partial charge in [-0.25, -0.2) is 0 Å². The van der Waals surface area contributed by atoms with E-state index < -0.39 is 0 Å². The molecule has 26 valence electrons. The Morgan fingerprint density at radius 1 is 2.00 bits per heavy atom. The first kappa shape index (κ1) is 5.59. The van der Waals surface area contributed by atoms with E-state index in [0.717, 1.165) is 0 Å². The Hall–Kier alpha value is 0.595. The van der Waals surface area contributed by atoms with Gasteiger partial charge in [0, 0.05) is 0 Å². The van der Waals surface area contributed by atoms with Crippen molar-refractivity contribution in [2.75, 3.05) is 0 Å². The highest BCUT2D eigenvalue weighted by molar-refractivity contribution is 8.13. The molecule has 0 aromatic rings. The summed E-state index contributed by atoms with van der Waals surface area (Å²) in [5.74, 6) is 0. The zero-order valence-corrected chi connectivity index (χ0v) is 4.81. The first-order valence-corrected chi connectivity index (χ1v) is 3.89. The molecule has 0 saturated heterocycles. The molecule has 0 aliphatic carbocycles. The largest absolute Gasteiger partial charge is 0.316 e. The van der Waals surface area contributed by atoms with Crippen molar-refractivity contribution < 1.29 is 0 Å². The zero-order chi connectivity index (χ0) is 4.28. The molecule has 0 heterocycles. The average molecular weight is 103 g/mol. The quantitative estimate of drug-likeness (QED) is 0.284. The molecule has 0 spiro atoms. The van der Waals surface area contributed by atoms with Crippen molar-refractivity contribution in [2.45, 2.75) is 0 Å². The molecule has 0 saturated carbocycles. The summed E-state index contributed by atoms with van der Waals surface area (Å²) in [6, 6.07) is 0. The van der Waals surface area contributed by atoms with E-state index in [4.69, 9.17) is 13.3 Å². The van der Waals surface area contributed by atoms with Crippen LogP contribution >= 0.6 is 17.2 Å². The summed E-state index contributed by atoms with van der Waals surface area (Å²) in [6.07, 6.45) is 0. The maximum absolute atomic E-state index is 6.51. The molecule has 4 heteroatoms. The normalized spacial score (nSPS) is 9.80. The topological polar surface area (TPSA) is 23.9 Å². The first-order chi connectivity index (χ1) is 2.27. The fourth-order valence-corrected chi connectivity index (χ4v) is 0. The molecule has 0 aliphatic heterocycles. The Morgan fingerprint density at radius 2 is 2.20 bits per heavy atom. The number of hydrogen-bond acceptors (Lipinski definition) is 1. The molecule has 5 heavy (non-hydrogen) atoms. The van der Waals surface area contributed by atoms with Crippen LogP contribution in [0, 0.1) is 5.41 Å². The Morgan fingerprint density at radius 3 is 2.20 bits per heavy atom. The lowest BCUT2D eigenvalue weighted by atomic mass is 10.2. The Balaban J connectivity index is 2.85. The monoisotopic (exact) mass is 103 g/mol. The van der Waals surface area contributed by atoms with Gasteiger partial charge in [-0.3, -0.25) is 0 Å². The van der Waals surface area contributed by atoms with Gasteiger partial charge in [0.15, 0.2) is 0 Å². The summed E-state index contributed by atoms with van der Waals surface area (Å²) < 4.78 is 0. The van der Waals surface area contributed by atoms with Crippen molar-refractivity contribution in [1.82, 2.24) is 0 Å². The molecule has 0 aromatic heterocycles. The third-order valence-corrected chi connectivity index (χ3v) is 1.40. The van der Waals surface area contributed by atoms with Crippen molar-refractivity contribution in [3.8, 4) is 0 Å². The predicted octanol–water partition coefficient (Wildman–Crippen LogP) is 0.558. The van der Waals surface area contributed by atoms with Gasteiger partial charge in [-0.15, -0.1) is 8.93 Å². The van der Waals surface area contributed by atoms with Crippen molar-refractivity contribution >= 4 is 30.4 Å². The average Bonchev–Trinajstić information content (AvgIpc) is 1.38.